The summed E-state index contributed by atoms with van der Waals surface area (Å²) in [5.74, 6) is 3.35. The molecule has 0 bridgehead atoms. The molecule has 0 aromatic carbocycles. The highest BCUT2D eigenvalue weighted by Gasteiger charge is 2.74. The Hall–Kier alpha value is -1.95. The summed E-state index contributed by atoms with van der Waals surface area (Å²) < 4.78 is 5.64. The molecule has 0 radical (unpaired) electrons. The summed E-state index contributed by atoms with van der Waals surface area (Å²) in [7, 11) is 0. The summed E-state index contributed by atoms with van der Waals surface area (Å²) >= 11 is 0. The lowest BCUT2D eigenvalue weighted by Crippen LogP contribution is -2.24. The zero-order valence-corrected chi connectivity index (χ0v) is 14.0. The summed E-state index contributed by atoms with van der Waals surface area (Å²) in [4.78, 5) is 12.0. The molecular weight excluding hydrogens is 276 g/mol. The summed E-state index contributed by atoms with van der Waals surface area (Å²) in [6.45, 7) is 9.95. The molecule has 1 aliphatic carbocycles. The Balaban J connectivity index is 2.38. The number of aryl methyl sites for hydroxylation is 1. The Morgan fingerprint density at radius 1 is 1.50 bits per heavy atom. The molecule has 1 N–H and O–H groups in total. The van der Waals surface area contributed by atoms with Gasteiger partial charge in [0.15, 0.2) is 0 Å². The lowest BCUT2D eigenvalue weighted by molar-refractivity contribution is -0.145. The van der Waals surface area contributed by atoms with E-state index in [2.05, 4.69) is 12.0 Å². The van der Waals surface area contributed by atoms with Gasteiger partial charge < -0.3 is 9.52 Å². The fourth-order valence-electron chi connectivity index (χ4n) is 3.65. The second kappa shape index (κ2) is 5.35. The van der Waals surface area contributed by atoms with E-state index in [4.69, 9.17) is 10.8 Å². The molecule has 0 unspecified atom stereocenters. The minimum atomic E-state index is -0.772. The maximum absolute atomic E-state index is 12.0. The van der Waals surface area contributed by atoms with Gasteiger partial charge in [-0.15, -0.1) is 6.42 Å². The number of terminal acetylenes is 1. The molecule has 0 spiro atoms. The smallest absolute Gasteiger partial charge is 0.311 e. The third-order valence-electron chi connectivity index (χ3n) is 5.07. The summed E-state index contributed by atoms with van der Waals surface area (Å²) in [6, 6.07) is 1.91. The van der Waals surface area contributed by atoms with Crippen molar-refractivity contribution in [3.8, 4) is 12.3 Å². The maximum atomic E-state index is 12.0. The first kappa shape index (κ1) is 16.4. The Morgan fingerprint density at radius 2 is 2.14 bits per heavy atom. The molecule has 3 nitrogen and oxygen atoms in total. The number of rotatable bonds is 5. The van der Waals surface area contributed by atoms with Crippen LogP contribution in [0.15, 0.2) is 22.1 Å². The highest BCUT2D eigenvalue weighted by Crippen LogP contribution is 2.71. The molecule has 1 aromatic heterocycles. The van der Waals surface area contributed by atoms with Crippen molar-refractivity contribution < 1.29 is 14.3 Å². The minimum Gasteiger partial charge on any atom is -0.481 e. The molecular formula is C19H24O3. The van der Waals surface area contributed by atoms with Gasteiger partial charge in [-0.2, -0.15) is 0 Å². The number of aliphatic carboxylic acids is 1. The van der Waals surface area contributed by atoms with E-state index in [0.29, 0.717) is 12.8 Å². The van der Waals surface area contributed by atoms with E-state index in [1.807, 2.05) is 40.7 Å². The number of allylic oxidation sites excluding steroid dienone is 2. The Kier molecular flexibility index (Phi) is 4.00. The second-order valence-electron chi connectivity index (χ2n) is 7.07. The van der Waals surface area contributed by atoms with Crippen LogP contribution in [0.2, 0.25) is 0 Å². The second-order valence-corrected chi connectivity index (χ2v) is 7.07. The number of hydrogen-bond acceptors (Lipinski definition) is 2. The summed E-state index contributed by atoms with van der Waals surface area (Å²) in [5.41, 5.74) is 1.06. The van der Waals surface area contributed by atoms with Crippen molar-refractivity contribution in [2.45, 2.75) is 47.5 Å². The molecule has 118 valence electrons. The van der Waals surface area contributed by atoms with Crippen molar-refractivity contribution in [3.05, 3.63) is 34.8 Å². The molecule has 1 heterocycles. The average Bonchev–Trinajstić information content (AvgIpc) is 2.67. The van der Waals surface area contributed by atoms with Crippen molar-refractivity contribution in [1.82, 2.24) is 0 Å². The molecule has 1 saturated carbocycles. The number of furan rings is 1. The van der Waals surface area contributed by atoms with Gasteiger partial charge in [0.25, 0.3) is 0 Å². The molecule has 1 aliphatic rings. The van der Waals surface area contributed by atoms with E-state index in [1.165, 1.54) is 0 Å². The monoisotopic (exact) mass is 300 g/mol. The quantitative estimate of drug-likeness (QED) is 0.660. The lowest BCUT2D eigenvalue weighted by atomic mass is 9.88. The lowest BCUT2D eigenvalue weighted by Gasteiger charge is -2.14. The number of carboxylic acid groups (broad SMARTS) is 1. The molecule has 0 saturated heterocycles. The van der Waals surface area contributed by atoms with E-state index in [0.717, 1.165) is 22.7 Å². The standard InChI is InChI=1S/C19H24O3/c1-7-8-15-10-14(13(4)22-15)11-19(17(20)21)16(9-12(2)3)18(19,5)6/h1,9-10,16H,8,11H2,2-6H3,(H,20,21)/t16-,19+/m0/s1. The highest BCUT2D eigenvalue weighted by atomic mass is 16.4. The van der Waals surface area contributed by atoms with Crippen molar-refractivity contribution in [3.63, 3.8) is 0 Å². The third-order valence-corrected chi connectivity index (χ3v) is 5.07. The van der Waals surface area contributed by atoms with Gasteiger partial charge in [-0.05, 0) is 44.2 Å². The molecule has 2 atom stereocenters. The van der Waals surface area contributed by atoms with Crippen LogP contribution >= 0.6 is 0 Å². The van der Waals surface area contributed by atoms with Crippen LogP contribution in [0.1, 0.15) is 44.8 Å². The first-order valence-electron chi connectivity index (χ1n) is 7.57. The topological polar surface area (TPSA) is 50.4 Å². The summed E-state index contributed by atoms with van der Waals surface area (Å²) in [6.07, 6.45) is 8.31. The Morgan fingerprint density at radius 3 is 2.64 bits per heavy atom. The fourth-order valence-corrected chi connectivity index (χ4v) is 3.65. The molecule has 0 amide bonds. The Labute approximate surface area is 132 Å². The normalized spacial score (nSPS) is 25.4. The molecule has 22 heavy (non-hydrogen) atoms. The van der Waals surface area contributed by atoms with Gasteiger partial charge in [0, 0.05) is 5.92 Å². The first-order valence-corrected chi connectivity index (χ1v) is 7.57. The van der Waals surface area contributed by atoms with Gasteiger partial charge in [0.05, 0.1) is 11.8 Å². The van der Waals surface area contributed by atoms with Gasteiger partial charge in [0.2, 0.25) is 0 Å². The van der Waals surface area contributed by atoms with Crippen molar-refractivity contribution >= 4 is 5.97 Å². The van der Waals surface area contributed by atoms with E-state index in [-0.39, 0.29) is 11.3 Å². The summed E-state index contributed by atoms with van der Waals surface area (Å²) in [5, 5.41) is 9.89. The van der Waals surface area contributed by atoms with Gasteiger partial charge in [-0.3, -0.25) is 4.79 Å². The van der Waals surface area contributed by atoms with Crippen LogP contribution in [0.3, 0.4) is 0 Å². The van der Waals surface area contributed by atoms with Crippen molar-refractivity contribution in [2.24, 2.45) is 16.7 Å². The van der Waals surface area contributed by atoms with Crippen LogP contribution in [-0.2, 0) is 17.6 Å². The molecule has 1 fully saturated rings. The average molecular weight is 300 g/mol. The van der Waals surface area contributed by atoms with Crippen LogP contribution in [0, 0.1) is 36.0 Å². The van der Waals surface area contributed by atoms with E-state index in [1.54, 1.807) is 0 Å². The van der Waals surface area contributed by atoms with Gasteiger partial charge in [-0.25, -0.2) is 0 Å². The third kappa shape index (κ3) is 2.37. The molecule has 1 aromatic rings. The van der Waals surface area contributed by atoms with E-state index < -0.39 is 11.4 Å². The van der Waals surface area contributed by atoms with Crippen LogP contribution in [0.5, 0.6) is 0 Å². The molecule has 3 heteroatoms. The fraction of sp³-hybridized carbons (Fsp3) is 0.526. The van der Waals surface area contributed by atoms with Crippen molar-refractivity contribution in [2.75, 3.05) is 0 Å². The largest absolute Gasteiger partial charge is 0.481 e. The first-order chi connectivity index (χ1) is 10.2. The van der Waals surface area contributed by atoms with E-state index in [9.17, 15) is 9.90 Å². The SMILES string of the molecule is C#CCc1cc(C[C@]2(C(=O)O)[C@@H](C=C(C)C)C2(C)C)c(C)o1. The maximum Gasteiger partial charge on any atom is 0.311 e. The number of carboxylic acids is 1. The predicted octanol–water partition coefficient (Wildman–Crippen LogP) is 4.00. The molecule has 2 rings (SSSR count). The van der Waals surface area contributed by atoms with Crippen LogP contribution in [0.25, 0.3) is 0 Å². The zero-order chi connectivity index (χ0) is 16.7. The zero-order valence-electron chi connectivity index (χ0n) is 14.0. The van der Waals surface area contributed by atoms with Crippen molar-refractivity contribution in [1.29, 1.82) is 0 Å². The predicted molar refractivity (Wildman–Crippen MR) is 86.5 cm³/mol. The van der Waals surface area contributed by atoms with Gasteiger partial charge in [-0.1, -0.05) is 31.4 Å². The minimum absolute atomic E-state index is 0.0351. The van der Waals surface area contributed by atoms with Gasteiger partial charge >= 0.3 is 5.97 Å². The van der Waals surface area contributed by atoms with Crippen LogP contribution in [0.4, 0.5) is 0 Å². The van der Waals surface area contributed by atoms with Crippen LogP contribution < -0.4 is 0 Å². The highest BCUT2D eigenvalue weighted by molar-refractivity contribution is 5.82. The van der Waals surface area contributed by atoms with E-state index >= 15 is 0 Å². The Bertz CT molecular complexity index is 665. The molecule has 0 aliphatic heterocycles. The number of carbonyl (C=O) groups is 1. The van der Waals surface area contributed by atoms with Gasteiger partial charge in [0.1, 0.15) is 11.5 Å². The van der Waals surface area contributed by atoms with Crippen LogP contribution in [-0.4, -0.2) is 11.1 Å². The number of hydrogen-bond donors (Lipinski definition) is 1.